The van der Waals surface area contributed by atoms with Crippen molar-refractivity contribution >= 4 is 16.9 Å². The van der Waals surface area contributed by atoms with E-state index in [1.807, 2.05) is 0 Å². The van der Waals surface area contributed by atoms with Crippen molar-refractivity contribution in [2.24, 2.45) is 0 Å². The lowest BCUT2D eigenvalue weighted by Crippen LogP contribution is -2.39. The van der Waals surface area contributed by atoms with Gasteiger partial charge in [0, 0.05) is 11.9 Å². The first-order valence-corrected chi connectivity index (χ1v) is 6.19. The third-order valence-corrected chi connectivity index (χ3v) is 2.84. The van der Waals surface area contributed by atoms with E-state index in [0.29, 0.717) is 21.6 Å². The predicted octanol–water partition coefficient (Wildman–Crippen LogP) is 2.95. The van der Waals surface area contributed by atoms with Gasteiger partial charge in [-0.3, -0.25) is 4.79 Å². The van der Waals surface area contributed by atoms with Crippen molar-refractivity contribution in [1.29, 1.82) is 0 Å². The van der Waals surface area contributed by atoms with Crippen molar-refractivity contribution in [2.75, 3.05) is 13.1 Å². The van der Waals surface area contributed by atoms with Gasteiger partial charge in [-0.2, -0.15) is 13.2 Å². The zero-order valence-corrected chi connectivity index (χ0v) is 11.1. The molecule has 0 saturated heterocycles. The van der Waals surface area contributed by atoms with Gasteiger partial charge in [0.15, 0.2) is 5.58 Å². The maximum absolute atomic E-state index is 12.5. The molecular weight excluding hydrogens is 285 g/mol. The number of rotatable bonds is 5. The first-order chi connectivity index (χ1) is 9.90. The first-order valence-electron chi connectivity index (χ1n) is 6.19. The molecule has 7 heteroatoms. The van der Waals surface area contributed by atoms with Gasteiger partial charge >= 0.3 is 6.18 Å². The van der Waals surface area contributed by atoms with Gasteiger partial charge < -0.3 is 9.42 Å². The van der Waals surface area contributed by atoms with Crippen LogP contribution in [0.1, 0.15) is 5.69 Å². The van der Waals surface area contributed by atoms with Crippen LogP contribution in [0.15, 0.2) is 41.4 Å². The van der Waals surface area contributed by atoms with E-state index in [-0.39, 0.29) is 13.0 Å². The molecule has 0 aliphatic heterocycles. The first kappa shape index (κ1) is 15.1. The number of fused-ring (bicyclic) bond motifs is 1. The molecule has 0 spiro atoms. The minimum Gasteiger partial charge on any atom is -0.356 e. The Morgan fingerprint density at radius 3 is 2.76 bits per heavy atom. The van der Waals surface area contributed by atoms with Gasteiger partial charge in [0.1, 0.15) is 12.2 Å². The van der Waals surface area contributed by atoms with E-state index < -0.39 is 18.6 Å². The van der Waals surface area contributed by atoms with Crippen LogP contribution in [-0.2, 0) is 11.2 Å². The zero-order valence-electron chi connectivity index (χ0n) is 11.1. The normalized spacial score (nSPS) is 11.6. The maximum Gasteiger partial charge on any atom is 0.406 e. The van der Waals surface area contributed by atoms with Crippen LogP contribution in [-0.4, -0.2) is 35.2 Å². The Morgan fingerprint density at radius 2 is 2.10 bits per heavy atom. The SMILES string of the molecule is C=CCN(CC(F)(F)F)C(=O)Cc1noc2ccccc12. The van der Waals surface area contributed by atoms with E-state index in [0.717, 1.165) is 0 Å². The number of benzene rings is 1. The van der Waals surface area contributed by atoms with Gasteiger partial charge in [-0.15, -0.1) is 6.58 Å². The van der Waals surface area contributed by atoms with Crippen LogP contribution in [0.2, 0.25) is 0 Å². The molecule has 0 fully saturated rings. The molecule has 0 saturated carbocycles. The van der Waals surface area contributed by atoms with Crippen LogP contribution in [0.3, 0.4) is 0 Å². The standard InChI is InChI=1S/C14H13F3N2O2/c1-2-7-19(9-14(15,16)17)13(20)8-11-10-5-3-4-6-12(10)21-18-11/h2-6H,1,7-9H2. The summed E-state index contributed by atoms with van der Waals surface area (Å²) in [6, 6.07) is 6.86. The lowest BCUT2D eigenvalue weighted by Gasteiger charge is -2.22. The van der Waals surface area contributed by atoms with Crippen LogP contribution < -0.4 is 0 Å². The molecule has 2 aromatic rings. The number of para-hydroxylation sites is 1. The van der Waals surface area contributed by atoms with Gasteiger partial charge in [-0.1, -0.05) is 23.4 Å². The Bertz CT molecular complexity index is 649. The fraction of sp³-hybridized carbons (Fsp3) is 0.286. The quantitative estimate of drug-likeness (QED) is 0.797. The number of halogens is 3. The molecule has 1 aromatic heterocycles. The number of carbonyl (C=O) groups excluding carboxylic acids is 1. The summed E-state index contributed by atoms with van der Waals surface area (Å²) in [6.45, 7) is 1.88. The van der Waals surface area contributed by atoms with E-state index in [4.69, 9.17) is 4.52 Å². The largest absolute Gasteiger partial charge is 0.406 e. The topological polar surface area (TPSA) is 46.3 Å². The van der Waals surface area contributed by atoms with E-state index in [1.165, 1.54) is 6.08 Å². The van der Waals surface area contributed by atoms with E-state index in [2.05, 4.69) is 11.7 Å². The summed E-state index contributed by atoms with van der Waals surface area (Å²) in [6.07, 6.45) is -3.45. The molecule has 0 N–H and O–H groups in total. The molecule has 0 radical (unpaired) electrons. The number of nitrogens with zero attached hydrogens (tertiary/aromatic N) is 2. The highest BCUT2D eigenvalue weighted by Crippen LogP contribution is 2.20. The summed E-state index contributed by atoms with van der Waals surface area (Å²) in [5.74, 6) is -0.675. The Balaban J connectivity index is 2.16. The summed E-state index contributed by atoms with van der Waals surface area (Å²) in [5, 5.41) is 4.37. The summed E-state index contributed by atoms with van der Waals surface area (Å²) in [7, 11) is 0. The summed E-state index contributed by atoms with van der Waals surface area (Å²) in [4.78, 5) is 12.7. The maximum atomic E-state index is 12.5. The van der Waals surface area contributed by atoms with Gasteiger partial charge in [-0.05, 0) is 12.1 Å². The number of amides is 1. The summed E-state index contributed by atoms with van der Waals surface area (Å²) in [5.41, 5.74) is 0.818. The second-order valence-electron chi connectivity index (χ2n) is 4.48. The fourth-order valence-corrected chi connectivity index (χ4v) is 1.95. The van der Waals surface area contributed by atoms with E-state index in [1.54, 1.807) is 24.3 Å². The zero-order chi connectivity index (χ0) is 15.5. The van der Waals surface area contributed by atoms with Crippen LogP contribution in [0.25, 0.3) is 11.0 Å². The molecule has 1 aromatic carbocycles. The number of alkyl halides is 3. The lowest BCUT2D eigenvalue weighted by atomic mass is 10.1. The second-order valence-corrected chi connectivity index (χ2v) is 4.48. The van der Waals surface area contributed by atoms with Crippen LogP contribution >= 0.6 is 0 Å². The lowest BCUT2D eigenvalue weighted by molar-refractivity contribution is -0.159. The Kier molecular flexibility index (Phi) is 4.30. The summed E-state index contributed by atoms with van der Waals surface area (Å²) < 4.78 is 42.4. The average Bonchev–Trinajstić information content (AvgIpc) is 2.80. The molecule has 2 rings (SSSR count). The molecule has 0 aliphatic carbocycles. The third-order valence-electron chi connectivity index (χ3n) is 2.84. The van der Waals surface area contributed by atoms with Gasteiger partial charge in [0.2, 0.25) is 5.91 Å². The molecular formula is C14H13F3N2O2. The minimum atomic E-state index is -4.45. The van der Waals surface area contributed by atoms with E-state index in [9.17, 15) is 18.0 Å². The van der Waals surface area contributed by atoms with Crippen LogP contribution in [0, 0.1) is 0 Å². The van der Waals surface area contributed by atoms with Crippen molar-refractivity contribution in [3.05, 3.63) is 42.6 Å². The van der Waals surface area contributed by atoms with Gasteiger partial charge in [0.25, 0.3) is 0 Å². The molecule has 0 unspecified atom stereocenters. The average molecular weight is 298 g/mol. The Labute approximate surface area is 118 Å². The Hall–Kier alpha value is -2.31. The molecule has 0 atom stereocenters. The highest BCUT2D eigenvalue weighted by molar-refractivity contribution is 5.86. The number of hydrogen-bond acceptors (Lipinski definition) is 3. The van der Waals surface area contributed by atoms with Gasteiger partial charge in [-0.25, -0.2) is 0 Å². The molecule has 1 heterocycles. The monoisotopic (exact) mass is 298 g/mol. The van der Waals surface area contributed by atoms with Gasteiger partial charge in [0.05, 0.1) is 6.42 Å². The smallest absolute Gasteiger partial charge is 0.356 e. The minimum absolute atomic E-state index is 0.172. The second kappa shape index (κ2) is 5.99. The molecule has 1 amide bonds. The molecule has 21 heavy (non-hydrogen) atoms. The van der Waals surface area contributed by atoms with Crippen molar-refractivity contribution < 1.29 is 22.5 Å². The molecule has 0 bridgehead atoms. The summed E-state index contributed by atoms with van der Waals surface area (Å²) >= 11 is 0. The number of hydrogen-bond donors (Lipinski definition) is 0. The van der Waals surface area contributed by atoms with Crippen molar-refractivity contribution in [1.82, 2.24) is 10.1 Å². The van der Waals surface area contributed by atoms with Crippen LogP contribution in [0.5, 0.6) is 0 Å². The fourth-order valence-electron chi connectivity index (χ4n) is 1.95. The van der Waals surface area contributed by atoms with Crippen molar-refractivity contribution in [3.8, 4) is 0 Å². The molecule has 4 nitrogen and oxygen atoms in total. The number of carbonyl (C=O) groups is 1. The van der Waals surface area contributed by atoms with Crippen molar-refractivity contribution in [3.63, 3.8) is 0 Å². The third kappa shape index (κ3) is 3.84. The highest BCUT2D eigenvalue weighted by atomic mass is 19.4. The van der Waals surface area contributed by atoms with E-state index >= 15 is 0 Å². The Morgan fingerprint density at radius 1 is 1.38 bits per heavy atom. The molecule has 112 valence electrons. The predicted molar refractivity (Wildman–Crippen MR) is 70.5 cm³/mol. The van der Waals surface area contributed by atoms with Crippen molar-refractivity contribution in [2.45, 2.75) is 12.6 Å². The highest BCUT2D eigenvalue weighted by Gasteiger charge is 2.32. The molecule has 0 aliphatic rings. The van der Waals surface area contributed by atoms with Crippen LogP contribution in [0.4, 0.5) is 13.2 Å². The number of aromatic nitrogens is 1.